The lowest BCUT2D eigenvalue weighted by molar-refractivity contribution is -0.122. The highest BCUT2D eigenvalue weighted by Gasteiger charge is 2.32. The zero-order chi connectivity index (χ0) is 11.8. The van der Waals surface area contributed by atoms with E-state index in [2.05, 4.69) is 4.98 Å². The SMILES string of the molecule is Cc1c(F)cnc(C(C)(C)C(N)=O)c1Cl. The van der Waals surface area contributed by atoms with Crippen LogP contribution < -0.4 is 5.73 Å². The summed E-state index contributed by atoms with van der Waals surface area (Å²) < 4.78 is 13.1. The molecular weight excluding hydrogens is 219 g/mol. The average molecular weight is 231 g/mol. The molecule has 0 aliphatic rings. The van der Waals surface area contributed by atoms with Crippen LogP contribution in [0.25, 0.3) is 0 Å². The first-order valence-corrected chi connectivity index (χ1v) is 4.77. The molecule has 0 aromatic carbocycles. The Morgan fingerprint density at radius 1 is 1.60 bits per heavy atom. The van der Waals surface area contributed by atoms with Crippen molar-refractivity contribution in [3.05, 3.63) is 28.3 Å². The molecule has 0 saturated heterocycles. The van der Waals surface area contributed by atoms with E-state index >= 15 is 0 Å². The van der Waals surface area contributed by atoms with Crippen molar-refractivity contribution in [2.75, 3.05) is 0 Å². The number of hydrogen-bond donors (Lipinski definition) is 1. The molecule has 0 bridgehead atoms. The quantitative estimate of drug-likeness (QED) is 0.844. The topological polar surface area (TPSA) is 56.0 Å². The molecule has 0 aliphatic carbocycles. The van der Waals surface area contributed by atoms with E-state index in [0.29, 0.717) is 5.69 Å². The van der Waals surface area contributed by atoms with E-state index in [4.69, 9.17) is 17.3 Å². The summed E-state index contributed by atoms with van der Waals surface area (Å²) in [4.78, 5) is 15.0. The van der Waals surface area contributed by atoms with Crippen LogP contribution in [0.15, 0.2) is 6.20 Å². The van der Waals surface area contributed by atoms with Gasteiger partial charge in [0.1, 0.15) is 5.82 Å². The Bertz CT molecular complexity index is 418. The third-order valence-electron chi connectivity index (χ3n) is 2.41. The van der Waals surface area contributed by atoms with Gasteiger partial charge in [-0.25, -0.2) is 4.39 Å². The second-order valence-corrected chi connectivity index (χ2v) is 4.26. The first-order valence-electron chi connectivity index (χ1n) is 4.39. The minimum atomic E-state index is -1.00. The van der Waals surface area contributed by atoms with Gasteiger partial charge in [-0.2, -0.15) is 0 Å². The van der Waals surface area contributed by atoms with Gasteiger partial charge in [-0.1, -0.05) is 11.6 Å². The zero-order valence-electron chi connectivity index (χ0n) is 8.77. The lowest BCUT2D eigenvalue weighted by atomic mass is 9.87. The maximum atomic E-state index is 13.1. The highest BCUT2D eigenvalue weighted by Crippen LogP contribution is 2.30. The lowest BCUT2D eigenvalue weighted by Gasteiger charge is -2.21. The zero-order valence-corrected chi connectivity index (χ0v) is 9.52. The van der Waals surface area contributed by atoms with E-state index in [1.54, 1.807) is 13.8 Å². The number of rotatable bonds is 2. The molecular formula is C10H12ClFN2O. The van der Waals surface area contributed by atoms with Crippen LogP contribution in [0.4, 0.5) is 4.39 Å². The summed E-state index contributed by atoms with van der Waals surface area (Å²) in [6.07, 6.45) is 1.04. The van der Waals surface area contributed by atoms with Crippen LogP contribution in [-0.4, -0.2) is 10.9 Å². The summed E-state index contributed by atoms with van der Waals surface area (Å²) in [6.45, 7) is 4.72. The van der Waals surface area contributed by atoms with Gasteiger partial charge in [0, 0.05) is 5.56 Å². The molecule has 0 unspecified atom stereocenters. The monoisotopic (exact) mass is 230 g/mol. The Labute approximate surface area is 92.4 Å². The van der Waals surface area contributed by atoms with Gasteiger partial charge >= 0.3 is 0 Å². The van der Waals surface area contributed by atoms with Crippen LogP contribution in [0.1, 0.15) is 25.1 Å². The number of carbonyl (C=O) groups is 1. The number of nitrogens with zero attached hydrogens (tertiary/aromatic N) is 1. The molecule has 1 heterocycles. The van der Waals surface area contributed by atoms with E-state index in [-0.39, 0.29) is 10.6 Å². The molecule has 82 valence electrons. The first-order chi connectivity index (χ1) is 6.78. The molecule has 0 radical (unpaired) electrons. The number of aromatic nitrogens is 1. The maximum absolute atomic E-state index is 13.1. The third-order valence-corrected chi connectivity index (χ3v) is 2.87. The van der Waals surface area contributed by atoms with E-state index < -0.39 is 17.1 Å². The number of halogens is 2. The number of carbonyl (C=O) groups excluding carboxylic acids is 1. The smallest absolute Gasteiger partial charge is 0.229 e. The Hall–Kier alpha value is -1.16. The third kappa shape index (κ3) is 1.95. The van der Waals surface area contributed by atoms with Gasteiger partial charge in [-0.05, 0) is 20.8 Å². The summed E-state index contributed by atoms with van der Waals surface area (Å²) in [6, 6.07) is 0. The summed E-state index contributed by atoms with van der Waals surface area (Å²) in [5.74, 6) is -1.05. The second kappa shape index (κ2) is 3.77. The standard InChI is InChI=1S/C10H12ClFN2O/c1-5-6(12)4-14-8(7(5)11)10(2,3)9(13)15/h4H,1-3H3,(H2,13,15). The van der Waals surface area contributed by atoms with Crippen LogP contribution in [0.2, 0.25) is 5.02 Å². The fraction of sp³-hybridized carbons (Fsp3) is 0.400. The van der Waals surface area contributed by atoms with Gasteiger partial charge in [0.25, 0.3) is 0 Å². The van der Waals surface area contributed by atoms with Crippen molar-refractivity contribution in [1.29, 1.82) is 0 Å². The molecule has 3 nitrogen and oxygen atoms in total. The Kier molecular flexibility index (Phi) is 3.00. The van der Waals surface area contributed by atoms with Gasteiger partial charge in [-0.15, -0.1) is 0 Å². The molecule has 1 aromatic rings. The van der Waals surface area contributed by atoms with Crippen molar-refractivity contribution in [2.24, 2.45) is 5.73 Å². The molecule has 15 heavy (non-hydrogen) atoms. The Balaban J connectivity index is 3.40. The van der Waals surface area contributed by atoms with Crippen molar-refractivity contribution in [1.82, 2.24) is 4.98 Å². The van der Waals surface area contributed by atoms with Crippen LogP contribution in [0, 0.1) is 12.7 Å². The predicted molar refractivity (Wildman–Crippen MR) is 56.2 cm³/mol. The molecule has 5 heteroatoms. The van der Waals surface area contributed by atoms with E-state index in [1.165, 1.54) is 6.92 Å². The van der Waals surface area contributed by atoms with Gasteiger partial charge in [0.05, 0.1) is 22.3 Å². The Morgan fingerprint density at radius 2 is 2.13 bits per heavy atom. The highest BCUT2D eigenvalue weighted by molar-refractivity contribution is 6.32. The normalized spacial score (nSPS) is 11.5. The highest BCUT2D eigenvalue weighted by atomic mass is 35.5. The summed E-state index contributed by atoms with van der Waals surface area (Å²) in [7, 11) is 0. The predicted octanol–water partition coefficient (Wildman–Crippen LogP) is 1.95. The maximum Gasteiger partial charge on any atom is 0.229 e. The molecule has 0 aliphatic heterocycles. The van der Waals surface area contributed by atoms with Gasteiger partial charge in [0.2, 0.25) is 5.91 Å². The fourth-order valence-electron chi connectivity index (χ4n) is 1.11. The largest absolute Gasteiger partial charge is 0.369 e. The Morgan fingerprint density at radius 3 is 2.60 bits per heavy atom. The van der Waals surface area contributed by atoms with Crippen molar-refractivity contribution in [3.63, 3.8) is 0 Å². The van der Waals surface area contributed by atoms with Crippen molar-refractivity contribution >= 4 is 17.5 Å². The molecule has 1 aromatic heterocycles. The number of pyridine rings is 1. The van der Waals surface area contributed by atoms with Crippen LogP contribution in [-0.2, 0) is 10.2 Å². The van der Waals surface area contributed by atoms with Crippen LogP contribution in [0.5, 0.6) is 0 Å². The molecule has 0 spiro atoms. The molecule has 0 fully saturated rings. The first kappa shape index (κ1) is 11.9. The average Bonchev–Trinajstić information content (AvgIpc) is 2.13. The van der Waals surface area contributed by atoms with E-state index in [0.717, 1.165) is 6.20 Å². The molecule has 0 saturated carbocycles. The van der Waals surface area contributed by atoms with Gasteiger partial charge in [0.15, 0.2) is 0 Å². The van der Waals surface area contributed by atoms with Crippen molar-refractivity contribution in [3.8, 4) is 0 Å². The van der Waals surface area contributed by atoms with Gasteiger partial charge < -0.3 is 5.73 Å². The number of hydrogen-bond acceptors (Lipinski definition) is 2. The lowest BCUT2D eigenvalue weighted by Crippen LogP contribution is -2.36. The number of primary amides is 1. The number of nitrogens with two attached hydrogens (primary N) is 1. The summed E-state index contributed by atoms with van der Waals surface area (Å²) >= 11 is 5.92. The van der Waals surface area contributed by atoms with Gasteiger partial charge in [-0.3, -0.25) is 9.78 Å². The van der Waals surface area contributed by atoms with Crippen molar-refractivity contribution < 1.29 is 9.18 Å². The van der Waals surface area contributed by atoms with E-state index in [9.17, 15) is 9.18 Å². The molecule has 1 rings (SSSR count). The van der Waals surface area contributed by atoms with Crippen LogP contribution >= 0.6 is 11.6 Å². The summed E-state index contributed by atoms with van der Waals surface area (Å²) in [5.41, 5.74) is 4.80. The minimum Gasteiger partial charge on any atom is -0.369 e. The molecule has 1 amide bonds. The fourth-order valence-corrected chi connectivity index (χ4v) is 1.48. The molecule has 2 N–H and O–H groups in total. The second-order valence-electron chi connectivity index (χ2n) is 3.88. The molecule has 0 atom stereocenters. The van der Waals surface area contributed by atoms with Crippen molar-refractivity contribution in [2.45, 2.75) is 26.2 Å². The minimum absolute atomic E-state index is 0.152. The van der Waals surface area contributed by atoms with E-state index in [1.807, 2.05) is 0 Å². The van der Waals surface area contributed by atoms with Crippen LogP contribution in [0.3, 0.4) is 0 Å². The number of amides is 1. The summed E-state index contributed by atoms with van der Waals surface area (Å²) in [5, 5.41) is 0.152.